The molecule has 35 heavy (non-hydrogen) atoms. The van der Waals surface area contributed by atoms with Crippen LogP contribution >= 0.6 is 11.3 Å². The summed E-state index contributed by atoms with van der Waals surface area (Å²) in [5.74, 6) is 3.05. The second-order valence-electron chi connectivity index (χ2n) is 10.3. The normalized spacial score (nSPS) is 19.7. The zero-order chi connectivity index (χ0) is 24.2. The first kappa shape index (κ1) is 24.3. The van der Waals surface area contributed by atoms with Crippen LogP contribution in [0.5, 0.6) is 11.5 Å². The van der Waals surface area contributed by atoms with E-state index in [-0.39, 0.29) is 5.78 Å². The maximum absolute atomic E-state index is 13.8. The number of hydrogen-bond donors (Lipinski definition) is 0. The number of hydrogen-bond acceptors (Lipinski definition) is 5. The maximum Gasteiger partial charge on any atom is 0.194 e. The molecule has 186 valence electrons. The number of fused-ring (bicyclic) bond motifs is 1. The number of rotatable bonds is 8. The summed E-state index contributed by atoms with van der Waals surface area (Å²) in [6, 6.07) is 13.9. The lowest BCUT2D eigenvalue weighted by Gasteiger charge is -2.30. The van der Waals surface area contributed by atoms with Crippen LogP contribution in [0.1, 0.15) is 78.6 Å². The van der Waals surface area contributed by atoms with E-state index in [0.717, 1.165) is 45.2 Å². The van der Waals surface area contributed by atoms with Crippen molar-refractivity contribution in [1.29, 1.82) is 0 Å². The molecule has 1 aliphatic heterocycles. The Balaban J connectivity index is 1.33. The highest BCUT2D eigenvalue weighted by atomic mass is 32.1. The Morgan fingerprint density at radius 1 is 1.00 bits per heavy atom. The summed E-state index contributed by atoms with van der Waals surface area (Å²) in [7, 11) is 1.69. The Morgan fingerprint density at radius 3 is 2.51 bits per heavy atom. The van der Waals surface area contributed by atoms with E-state index in [0.29, 0.717) is 12.5 Å². The fourth-order valence-corrected chi connectivity index (χ4v) is 7.14. The molecule has 2 fully saturated rings. The molecule has 0 spiro atoms. The van der Waals surface area contributed by atoms with Crippen LogP contribution in [0.3, 0.4) is 0 Å². The van der Waals surface area contributed by atoms with Gasteiger partial charge in [0.25, 0.3) is 0 Å². The van der Waals surface area contributed by atoms with Gasteiger partial charge in [0.2, 0.25) is 0 Å². The third-order valence-electron chi connectivity index (χ3n) is 7.66. The lowest BCUT2D eigenvalue weighted by molar-refractivity contribution is 0.103. The Labute approximate surface area is 213 Å². The first-order valence-corrected chi connectivity index (χ1v) is 14.0. The molecular weight excluding hydrogens is 454 g/mol. The number of ether oxygens (including phenoxy) is 2. The minimum Gasteiger partial charge on any atom is -0.497 e. The van der Waals surface area contributed by atoms with Gasteiger partial charge in [0, 0.05) is 39.2 Å². The average Bonchev–Trinajstić information content (AvgIpc) is 3.28. The molecule has 0 bridgehead atoms. The fourth-order valence-electron chi connectivity index (χ4n) is 5.74. The van der Waals surface area contributed by atoms with Gasteiger partial charge in [-0.1, -0.05) is 26.2 Å². The van der Waals surface area contributed by atoms with Gasteiger partial charge >= 0.3 is 0 Å². The van der Waals surface area contributed by atoms with E-state index < -0.39 is 0 Å². The van der Waals surface area contributed by atoms with Gasteiger partial charge in [-0.15, -0.1) is 11.3 Å². The van der Waals surface area contributed by atoms with Crippen LogP contribution in [0.2, 0.25) is 0 Å². The largest absolute Gasteiger partial charge is 0.497 e. The van der Waals surface area contributed by atoms with E-state index in [1.165, 1.54) is 62.9 Å². The van der Waals surface area contributed by atoms with Crippen LogP contribution in [-0.4, -0.2) is 44.0 Å². The number of piperidine rings is 1. The number of likely N-dealkylation sites (tertiary alicyclic amines) is 1. The van der Waals surface area contributed by atoms with E-state index >= 15 is 0 Å². The minimum atomic E-state index is 0.121. The molecule has 3 aromatic rings. The van der Waals surface area contributed by atoms with Gasteiger partial charge < -0.3 is 9.47 Å². The van der Waals surface area contributed by atoms with Gasteiger partial charge in [0.05, 0.1) is 7.11 Å². The van der Waals surface area contributed by atoms with Crippen LogP contribution in [0.4, 0.5) is 0 Å². The number of benzene rings is 2. The van der Waals surface area contributed by atoms with Crippen LogP contribution in [0.15, 0.2) is 42.5 Å². The van der Waals surface area contributed by atoms with Crippen LogP contribution in [-0.2, 0) is 0 Å². The van der Waals surface area contributed by atoms with Gasteiger partial charge in [-0.25, -0.2) is 0 Å². The Morgan fingerprint density at radius 2 is 1.77 bits per heavy atom. The summed E-state index contributed by atoms with van der Waals surface area (Å²) < 4.78 is 12.6. The monoisotopic (exact) mass is 491 g/mol. The van der Waals surface area contributed by atoms with Gasteiger partial charge in [-0.3, -0.25) is 9.69 Å². The third-order valence-corrected chi connectivity index (χ3v) is 8.98. The summed E-state index contributed by atoms with van der Waals surface area (Å²) in [6.07, 6.45) is 8.76. The maximum atomic E-state index is 13.8. The zero-order valence-electron chi connectivity index (χ0n) is 21.1. The van der Waals surface area contributed by atoms with E-state index in [4.69, 9.17) is 9.47 Å². The number of methoxy groups -OCH3 is 1. The highest BCUT2D eigenvalue weighted by Crippen LogP contribution is 2.44. The first-order valence-electron chi connectivity index (χ1n) is 13.2. The molecule has 2 aliphatic rings. The SMILES string of the molecule is COc1ccc2c(C(=O)c3ccc(OCCN4CCCC(C)C4)cc3)c(C3CCCCC3)sc2c1. The molecule has 4 nitrogen and oxygen atoms in total. The predicted molar refractivity (Wildman–Crippen MR) is 144 cm³/mol. The van der Waals surface area contributed by atoms with Gasteiger partial charge in [-0.2, -0.15) is 0 Å². The number of carbonyl (C=O) groups is 1. The number of thiophene rings is 1. The Kier molecular flexibility index (Phi) is 7.74. The number of carbonyl (C=O) groups excluding carboxylic acids is 1. The average molecular weight is 492 g/mol. The summed E-state index contributed by atoms with van der Waals surface area (Å²) in [5.41, 5.74) is 1.63. The van der Waals surface area contributed by atoms with Crippen molar-refractivity contribution < 1.29 is 14.3 Å². The summed E-state index contributed by atoms with van der Waals surface area (Å²) in [4.78, 5) is 17.6. The second-order valence-corrected chi connectivity index (χ2v) is 11.4. The van der Waals surface area contributed by atoms with Crippen molar-refractivity contribution in [2.75, 3.05) is 33.4 Å². The van der Waals surface area contributed by atoms with Crippen molar-refractivity contribution in [2.24, 2.45) is 5.92 Å². The van der Waals surface area contributed by atoms with Gasteiger partial charge in [0.15, 0.2) is 5.78 Å². The summed E-state index contributed by atoms with van der Waals surface area (Å²) in [6.45, 7) is 6.31. The number of ketones is 1. The first-order chi connectivity index (χ1) is 17.1. The van der Waals surface area contributed by atoms with Gasteiger partial charge in [-0.05, 0) is 86.5 Å². The molecule has 5 rings (SSSR count). The molecule has 1 aliphatic carbocycles. The zero-order valence-corrected chi connectivity index (χ0v) is 21.9. The fraction of sp³-hybridized carbons (Fsp3) is 0.500. The Bertz CT molecular complexity index is 1150. The van der Waals surface area contributed by atoms with Crippen LogP contribution in [0, 0.1) is 5.92 Å². The quantitative estimate of drug-likeness (QED) is 0.310. The van der Waals surface area contributed by atoms with E-state index in [1.807, 2.05) is 30.3 Å². The topological polar surface area (TPSA) is 38.8 Å². The van der Waals surface area contributed by atoms with E-state index in [1.54, 1.807) is 18.4 Å². The highest BCUT2D eigenvalue weighted by molar-refractivity contribution is 7.19. The van der Waals surface area contributed by atoms with Crippen molar-refractivity contribution in [1.82, 2.24) is 4.90 Å². The number of nitrogens with zero attached hydrogens (tertiary/aromatic N) is 1. The molecule has 1 saturated heterocycles. The molecule has 0 amide bonds. The van der Waals surface area contributed by atoms with E-state index in [2.05, 4.69) is 24.0 Å². The molecule has 0 N–H and O–H groups in total. The van der Waals surface area contributed by atoms with Crippen LogP contribution in [0.25, 0.3) is 10.1 Å². The highest BCUT2D eigenvalue weighted by Gasteiger charge is 2.27. The molecule has 2 aromatic carbocycles. The lowest BCUT2D eigenvalue weighted by Crippen LogP contribution is -2.37. The van der Waals surface area contributed by atoms with Crippen molar-refractivity contribution in [3.63, 3.8) is 0 Å². The molecule has 1 saturated carbocycles. The molecule has 1 atom stereocenters. The van der Waals surface area contributed by atoms with E-state index in [9.17, 15) is 4.79 Å². The Hall–Kier alpha value is -2.37. The van der Waals surface area contributed by atoms with Crippen molar-refractivity contribution in [3.8, 4) is 11.5 Å². The molecule has 5 heteroatoms. The summed E-state index contributed by atoms with van der Waals surface area (Å²) >= 11 is 1.78. The minimum absolute atomic E-state index is 0.121. The summed E-state index contributed by atoms with van der Waals surface area (Å²) in [5, 5.41) is 1.05. The molecular formula is C30H37NO3S. The molecule has 2 heterocycles. The second kappa shape index (κ2) is 11.1. The van der Waals surface area contributed by atoms with Crippen molar-refractivity contribution in [2.45, 2.75) is 57.8 Å². The smallest absolute Gasteiger partial charge is 0.194 e. The van der Waals surface area contributed by atoms with Gasteiger partial charge in [0.1, 0.15) is 18.1 Å². The predicted octanol–water partition coefficient (Wildman–Crippen LogP) is 7.30. The molecule has 1 aromatic heterocycles. The third kappa shape index (κ3) is 5.57. The molecule has 1 unspecified atom stereocenters. The van der Waals surface area contributed by atoms with Crippen molar-refractivity contribution in [3.05, 3.63) is 58.5 Å². The lowest BCUT2D eigenvalue weighted by atomic mass is 9.85. The molecule has 0 radical (unpaired) electrons. The van der Waals surface area contributed by atoms with Crippen molar-refractivity contribution >= 4 is 27.2 Å². The van der Waals surface area contributed by atoms with Crippen LogP contribution < -0.4 is 9.47 Å². The standard InChI is InChI=1S/C30H37NO3S/c1-21-7-6-16-31(20-21)17-18-34-24-12-10-22(11-13-24)29(32)28-26-15-14-25(33-2)19-27(26)35-30(28)23-8-4-3-5-9-23/h10-15,19,21,23H,3-9,16-18,20H2,1-2H3.